The van der Waals surface area contributed by atoms with E-state index in [1.54, 1.807) is 12.1 Å². The average Bonchev–Trinajstić information content (AvgIpc) is 2.14. The van der Waals surface area contributed by atoms with E-state index in [1.165, 1.54) is 0 Å². The smallest absolute Gasteiger partial charge is 0.0849 e. The summed E-state index contributed by atoms with van der Waals surface area (Å²) in [6, 6.07) is 9.18. The molecule has 1 aromatic rings. The first kappa shape index (κ1) is 19.7. The van der Waals surface area contributed by atoms with Gasteiger partial charge >= 0.3 is 63.6 Å². The molecule has 0 aliphatic rings. The maximum atomic E-state index is 9.39. The van der Waals surface area contributed by atoms with Crippen LogP contribution in [-0.2, 0) is 7.48 Å². The fourth-order valence-corrected chi connectivity index (χ4v) is 0.503. The van der Waals surface area contributed by atoms with Gasteiger partial charge in [-0.2, -0.15) is 5.11 Å². The van der Waals surface area contributed by atoms with Crippen molar-refractivity contribution in [2.45, 2.75) is 11.4 Å². The number of nitrogens with one attached hydrogen (secondary N) is 1. The van der Waals surface area contributed by atoms with Crippen molar-refractivity contribution in [1.29, 1.82) is 5.53 Å². The van der Waals surface area contributed by atoms with Crippen LogP contribution in [-0.4, -0.2) is 44.7 Å². The summed E-state index contributed by atoms with van der Waals surface area (Å²) in [5.74, 6) is 0. The number of hydrogen-bond donors (Lipinski definition) is 5. The van der Waals surface area contributed by atoms with Gasteiger partial charge in [-0.25, -0.2) is 5.53 Å². The molecule has 0 saturated carbocycles. The summed E-state index contributed by atoms with van der Waals surface area (Å²) in [5, 5.41) is 3.22. The van der Waals surface area contributed by atoms with Crippen LogP contribution in [0.1, 0.15) is 0 Å². The average molecular weight is 386 g/mol. The molecule has 0 atom stereocenters. The molecular weight excluding hydrogens is 370 g/mol. The van der Waals surface area contributed by atoms with Crippen LogP contribution < -0.4 is 0 Å². The minimum Gasteiger partial charge on any atom is -0.204 e. The Kier molecular flexibility index (Phi) is 10.2. The van der Waals surface area contributed by atoms with Crippen molar-refractivity contribution in [1.82, 2.24) is 0 Å². The molecule has 0 bridgehead atoms. The fraction of sp³-hybridized carbons (Fsp3) is 0.250. The molecule has 0 spiro atoms. The van der Waals surface area contributed by atoms with Crippen molar-refractivity contribution in [3.63, 3.8) is 0 Å². The Morgan fingerprint density at radius 1 is 0.944 bits per heavy atom. The molecule has 1 aromatic carbocycles. The summed E-state index contributed by atoms with van der Waals surface area (Å²) in [5.41, 5.74) is 9.10. The van der Waals surface area contributed by atoms with Crippen LogP contribution in [0.2, 0.25) is 11.4 Å². The predicted molar refractivity (Wildman–Crippen MR) is 64.7 cm³/mol. The van der Waals surface area contributed by atoms with Gasteiger partial charge in [0.2, 0.25) is 0 Å². The molecule has 0 aromatic heterocycles. The van der Waals surface area contributed by atoms with E-state index in [-0.39, 0.29) is 0 Å². The molecule has 0 unspecified atom stereocenters. The van der Waals surface area contributed by atoms with Crippen LogP contribution in [0.4, 0.5) is 5.69 Å². The molecule has 5 N–H and O–H groups in total. The van der Waals surface area contributed by atoms with E-state index >= 15 is 0 Å². The third-order valence-electron chi connectivity index (χ3n) is 0.885. The molecule has 0 aliphatic carbocycles. The van der Waals surface area contributed by atoms with E-state index in [9.17, 15) is 7.48 Å². The third kappa shape index (κ3) is 36.1. The molecule has 8 nitrogen and oxygen atoms in total. The van der Waals surface area contributed by atoms with Crippen LogP contribution in [0.25, 0.3) is 0 Å². The van der Waals surface area contributed by atoms with Gasteiger partial charge in [0.1, 0.15) is 0 Å². The Hall–Kier alpha value is -0.623. The largest absolute Gasteiger partial charge is 0.204 e. The Morgan fingerprint density at radius 3 is 1.39 bits per heavy atom. The Bertz CT molecular complexity index is 390. The summed E-state index contributed by atoms with van der Waals surface area (Å²) in [7, 11) is 0. The summed E-state index contributed by atoms with van der Waals surface area (Å²) >= 11 is -8.25. The van der Waals surface area contributed by atoms with Gasteiger partial charge in [-0.05, 0) is 12.1 Å². The first-order valence-electron chi connectivity index (χ1n) is 4.42. The molecule has 0 saturated heterocycles. The van der Waals surface area contributed by atoms with E-state index < -0.39 is 28.3 Å². The van der Waals surface area contributed by atoms with Crippen LogP contribution in [0, 0.1) is 5.53 Å². The van der Waals surface area contributed by atoms with Gasteiger partial charge in [0, 0.05) is 0 Å². The van der Waals surface area contributed by atoms with Crippen LogP contribution in [0.5, 0.6) is 0 Å². The molecule has 0 heterocycles. The molecular formula is C8H16As2N2O6. The minimum atomic E-state index is -4.12. The first-order chi connectivity index (χ1) is 7.93. The van der Waals surface area contributed by atoms with Crippen LogP contribution in [0.3, 0.4) is 0 Å². The summed E-state index contributed by atoms with van der Waals surface area (Å²) in [4.78, 5) is 0. The monoisotopic (exact) mass is 386 g/mol. The second-order valence-electron chi connectivity index (χ2n) is 3.12. The van der Waals surface area contributed by atoms with Crippen LogP contribution >= 0.6 is 0 Å². The van der Waals surface area contributed by atoms with E-state index in [4.69, 9.17) is 21.9 Å². The predicted octanol–water partition coefficient (Wildman–Crippen LogP) is 0.289. The first-order valence-corrected chi connectivity index (χ1v) is 13.1. The van der Waals surface area contributed by atoms with E-state index in [0.29, 0.717) is 5.69 Å². The quantitative estimate of drug-likeness (QED) is 0.346. The number of para-hydroxylation sites is 1. The fourth-order valence-electron chi connectivity index (χ4n) is 0.503. The van der Waals surface area contributed by atoms with Gasteiger partial charge < -0.3 is 0 Å². The zero-order chi connectivity index (χ0) is 14.8. The third-order valence-corrected chi connectivity index (χ3v) is 0.885. The van der Waals surface area contributed by atoms with Gasteiger partial charge in [0.25, 0.3) is 0 Å². The van der Waals surface area contributed by atoms with E-state index in [2.05, 4.69) is 5.11 Å². The SMILES string of the molecule is C[As](=O)(O)O.C[As](=O)(O)O.N=Nc1ccccc1. The zero-order valence-corrected chi connectivity index (χ0v) is 13.6. The van der Waals surface area contributed by atoms with Crippen molar-refractivity contribution in [3.8, 4) is 0 Å². The number of benzene rings is 1. The molecule has 1 rings (SSSR count). The molecule has 18 heavy (non-hydrogen) atoms. The molecule has 0 fully saturated rings. The van der Waals surface area contributed by atoms with Crippen LogP contribution in [0.15, 0.2) is 35.4 Å². The van der Waals surface area contributed by atoms with Gasteiger partial charge in [0.05, 0.1) is 5.69 Å². The molecule has 0 aliphatic heterocycles. The molecule has 104 valence electrons. The van der Waals surface area contributed by atoms with Crippen molar-refractivity contribution in [2.75, 3.05) is 0 Å². The van der Waals surface area contributed by atoms with Crippen molar-refractivity contribution < 1.29 is 23.9 Å². The topological polar surface area (TPSA) is 151 Å². The number of hydrogen-bond acceptors (Lipinski definition) is 4. The van der Waals surface area contributed by atoms with E-state index in [1.807, 2.05) is 18.2 Å². The Morgan fingerprint density at radius 2 is 1.22 bits per heavy atom. The van der Waals surface area contributed by atoms with Gasteiger partial charge in [0.15, 0.2) is 0 Å². The summed E-state index contributed by atoms with van der Waals surface area (Å²) in [6.07, 6.45) is 0. The zero-order valence-electron chi connectivity index (χ0n) is 9.83. The molecule has 10 heteroatoms. The Labute approximate surface area is 110 Å². The van der Waals surface area contributed by atoms with E-state index in [0.717, 1.165) is 11.4 Å². The molecule has 0 amide bonds. The second kappa shape index (κ2) is 9.33. The standard InChI is InChI=1S/C6H6N2.2CH5AsO3/c7-8-6-4-2-1-3-5-6;2*1-2(3,4)5/h1-5,7H;2*1H3,(H2,3,4,5). The normalized spacial score (nSPS) is 10.3. The van der Waals surface area contributed by atoms with Gasteiger partial charge in [-0.1, -0.05) is 18.2 Å². The number of rotatable bonds is 1. The minimum absolute atomic E-state index is 0.701. The van der Waals surface area contributed by atoms with Crippen molar-refractivity contribution in [2.24, 2.45) is 5.11 Å². The second-order valence-corrected chi connectivity index (χ2v) is 10.1. The summed E-state index contributed by atoms with van der Waals surface area (Å²) < 4.78 is 49.5. The van der Waals surface area contributed by atoms with Gasteiger partial charge in [-0.15, -0.1) is 0 Å². The number of nitrogens with zero attached hydrogens (tertiary/aromatic N) is 1. The van der Waals surface area contributed by atoms with Gasteiger partial charge in [-0.3, -0.25) is 0 Å². The van der Waals surface area contributed by atoms with Crippen molar-refractivity contribution >= 4 is 34.0 Å². The maximum absolute atomic E-state index is 9.39. The Balaban J connectivity index is 0. The molecule has 0 radical (unpaired) electrons. The van der Waals surface area contributed by atoms with Crippen molar-refractivity contribution in [3.05, 3.63) is 30.3 Å². The maximum Gasteiger partial charge on any atom is 0.0849 e. The summed E-state index contributed by atoms with van der Waals surface area (Å²) in [6.45, 7) is 0.